The molecule has 0 aromatic heterocycles. The third-order valence-corrected chi connectivity index (χ3v) is 4.38. The normalized spacial score (nSPS) is 28.1. The molecule has 1 aromatic carbocycles. The van der Waals surface area contributed by atoms with Crippen LogP contribution in [0.3, 0.4) is 0 Å². The molecule has 0 radical (unpaired) electrons. The number of likely N-dealkylation sites (tertiary alicyclic amines) is 1. The lowest BCUT2D eigenvalue weighted by molar-refractivity contribution is 0.108. The van der Waals surface area contributed by atoms with E-state index in [1.54, 1.807) is 0 Å². The second-order valence-electron chi connectivity index (χ2n) is 5.72. The molecule has 0 spiro atoms. The van der Waals surface area contributed by atoms with Crippen LogP contribution in [0.2, 0.25) is 0 Å². The third-order valence-electron chi connectivity index (χ3n) is 4.38. The molecular formula is C15H20F2N2. The molecule has 1 N–H and O–H groups in total. The van der Waals surface area contributed by atoms with Gasteiger partial charge in [-0.05, 0) is 56.5 Å². The van der Waals surface area contributed by atoms with Crippen molar-refractivity contribution >= 4 is 0 Å². The number of hydrogen-bond donors (Lipinski definition) is 1. The van der Waals surface area contributed by atoms with Crippen LogP contribution in [0.4, 0.5) is 8.78 Å². The Labute approximate surface area is 112 Å². The number of nitrogens with one attached hydrogen (secondary N) is 1. The highest BCUT2D eigenvalue weighted by atomic mass is 19.1. The van der Waals surface area contributed by atoms with E-state index < -0.39 is 0 Å². The van der Waals surface area contributed by atoms with E-state index in [2.05, 4.69) is 10.2 Å². The van der Waals surface area contributed by atoms with Crippen LogP contribution in [0.1, 0.15) is 24.8 Å². The van der Waals surface area contributed by atoms with Gasteiger partial charge in [0.25, 0.3) is 0 Å². The maximum Gasteiger partial charge on any atom is 0.127 e. The molecule has 0 saturated carbocycles. The third kappa shape index (κ3) is 2.95. The molecular weight excluding hydrogens is 246 g/mol. The molecule has 2 aliphatic heterocycles. The molecule has 2 fully saturated rings. The first-order valence-corrected chi connectivity index (χ1v) is 7.12. The summed E-state index contributed by atoms with van der Waals surface area (Å²) in [6.45, 7) is 3.60. The monoisotopic (exact) mass is 266 g/mol. The van der Waals surface area contributed by atoms with E-state index in [0.29, 0.717) is 24.1 Å². The Morgan fingerprint density at radius 3 is 3.05 bits per heavy atom. The van der Waals surface area contributed by atoms with E-state index >= 15 is 0 Å². The van der Waals surface area contributed by atoms with E-state index in [-0.39, 0.29) is 11.6 Å². The fraction of sp³-hybridized carbons (Fsp3) is 0.600. The Kier molecular flexibility index (Phi) is 3.80. The molecule has 2 unspecified atom stereocenters. The standard InChI is InChI=1S/C15H20F2N2/c16-13-3-4-14(17)12(8-13)10-19-7-5-15-11(9-19)2-1-6-18-15/h3-4,8,11,15,18H,1-2,5-7,9-10H2. The minimum atomic E-state index is -0.356. The van der Waals surface area contributed by atoms with Crippen LogP contribution >= 0.6 is 0 Å². The van der Waals surface area contributed by atoms with Crippen molar-refractivity contribution in [2.45, 2.75) is 31.8 Å². The minimum absolute atomic E-state index is 0.301. The van der Waals surface area contributed by atoms with Crippen LogP contribution in [0, 0.1) is 17.6 Å². The second kappa shape index (κ2) is 5.55. The first-order valence-electron chi connectivity index (χ1n) is 7.12. The molecule has 0 amide bonds. The molecule has 2 aliphatic rings. The first kappa shape index (κ1) is 13.0. The summed E-state index contributed by atoms with van der Waals surface area (Å²) in [6.07, 6.45) is 3.59. The molecule has 2 saturated heterocycles. The molecule has 0 bridgehead atoms. The number of fused-ring (bicyclic) bond motifs is 1. The molecule has 2 nitrogen and oxygen atoms in total. The predicted octanol–water partition coefficient (Wildman–Crippen LogP) is 2.54. The SMILES string of the molecule is Fc1ccc(F)c(CN2CCC3NCCCC3C2)c1. The average molecular weight is 266 g/mol. The van der Waals surface area contributed by atoms with Gasteiger partial charge in [-0.25, -0.2) is 8.78 Å². The molecule has 2 atom stereocenters. The predicted molar refractivity (Wildman–Crippen MR) is 70.8 cm³/mol. The Hall–Kier alpha value is -1.00. The smallest absolute Gasteiger partial charge is 0.127 e. The van der Waals surface area contributed by atoms with Crippen molar-refractivity contribution in [3.8, 4) is 0 Å². The Bertz CT molecular complexity index is 450. The number of benzene rings is 1. The number of rotatable bonds is 2. The topological polar surface area (TPSA) is 15.3 Å². The van der Waals surface area contributed by atoms with Crippen molar-refractivity contribution < 1.29 is 8.78 Å². The van der Waals surface area contributed by atoms with Crippen molar-refractivity contribution in [2.75, 3.05) is 19.6 Å². The van der Waals surface area contributed by atoms with Gasteiger partial charge in [0.1, 0.15) is 11.6 Å². The summed E-state index contributed by atoms with van der Waals surface area (Å²) in [6, 6.07) is 4.35. The number of piperidine rings is 2. The van der Waals surface area contributed by atoms with Crippen molar-refractivity contribution in [1.82, 2.24) is 10.2 Å². The lowest BCUT2D eigenvalue weighted by Crippen LogP contribution is -2.51. The molecule has 104 valence electrons. The average Bonchev–Trinajstić information content (AvgIpc) is 2.43. The molecule has 1 aromatic rings. The van der Waals surface area contributed by atoms with Crippen LogP contribution in [-0.2, 0) is 6.54 Å². The number of halogens is 2. The number of hydrogen-bond acceptors (Lipinski definition) is 2. The van der Waals surface area contributed by atoms with Gasteiger partial charge in [-0.15, -0.1) is 0 Å². The summed E-state index contributed by atoms with van der Waals surface area (Å²) < 4.78 is 26.8. The van der Waals surface area contributed by atoms with Gasteiger partial charge in [0.05, 0.1) is 0 Å². The second-order valence-corrected chi connectivity index (χ2v) is 5.72. The highest BCUT2D eigenvalue weighted by Crippen LogP contribution is 2.26. The zero-order valence-electron chi connectivity index (χ0n) is 11.0. The highest BCUT2D eigenvalue weighted by Gasteiger charge is 2.30. The van der Waals surface area contributed by atoms with Gasteiger partial charge >= 0.3 is 0 Å². The van der Waals surface area contributed by atoms with Crippen LogP contribution in [-0.4, -0.2) is 30.6 Å². The van der Waals surface area contributed by atoms with Gasteiger partial charge < -0.3 is 5.32 Å². The van der Waals surface area contributed by atoms with Crippen LogP contribution in [0.15, 0.2) is 18.2 Å². The van der Waals surface area contributed by atoms with E-state index in [1.165, 1.54) is 31.0 Å². The Morgan fingerprint density at radius 1 is 1.26 bits per heavy atom. The van der Waals surface area contributed by atoms with Gasteiger partial charge in [0, 0.05) is 24.7 Å². The van der Waals surface area contributed by atoms with Gasteiger partial charge in [-0.1, -0.05) is 0 Å². The first-order chi connectivity index (χ1) is 9.22. The molecule has 0 aliphatic carbocycles. The van der Waals surface area contributed by atoms with Gasteiger partial charge in [-0.2, -0.15) is 0 Å². The van der Waals surface area contributed by atoms with Crippen molar-refractivity contribution in [1.29, 1.82) is 0 Å². The summed E-state index contributed by atoms with van der Waals surface area (Å²) in [4.78, 5) is 2.26. The largest absolute Gasteiger partial charge is 0.314 e. The summed E-state index contributed by atoms with van der Waals surface area (Å²) in [5.41, 5.74) is 0.474. The zero-order valence-corrected chi connectivity index (χ0v) is 11.0. The lowest BCUT2D eigenvalue weighted by atomic mass is 9.85. The molecule has 3 rings (SSSR count). The van der Waals surface area contributed by atoms with E-state index in [0.717, 1.165) is 26.1 Å². The van der Waals surface area contributed by atoms with Crippen molar-refractivity contribution in [3.05, 3.63) is 35.4 Å². The lowest BCUT2D eigenvalue weighted by Gasteiger charge is -2.41. The fourth-order valence-corrected chi connectivity index (χ4v) is 3.37. The number of nitrogens with zero attached hydrogens (tertiary/aromatic N) is 1. The van der Waals surface area contributed by atoms with Crippen LogP contribution in [0.25, 0.3) is 0 Å². The van der Waals surface area contributed by atoms with Crippen LogP contribution in [0.5, 0.6) is 0 Å². The van der Waals surface area contributed by atoms with Crippen molar-refractivity contribution in [2.24, 2.45) is 5.92 Å². The highest BCUT2D eigenvalue weighted by molar-refractivity contribution is 5.18. The Balaban J connectivity index is 1.65. The Morgan fingerprint density at radius 2 is 2.16 bits per heavy atom. The van der Waals surface area contributed by atoms with E-state index in [9.17, 15) is 8.78 Å². The maximum absolute atomic E-state index is 13.7. The molecule has 2 heterocycles. The minimum Gasteiger partial charge on any atom is -0.314 e. The summed E-state index contributed by atoms with van der Waals surface area (Å²) >= 11 is 0. The zero-order chi connectivity index (χ0) is 13.2. The summed E-state index contributed by atoms with van der Waals surface area (Å²) in [5, 5.41) is 3.57. The molecule has 4 heteroatoms. The molecule has 19 heavy (non-hydrogen) atoms. The van der Waals surface area contributed by atoms with E-state index in [1.807, 2.05) is 0 Å². The van der Waals surface area contributed by atoms with Gasteiger partial charge in [-0.3, -0.25) is 4.90 Å². The maximum atomic E-state index is 13.7. The van der Waals surface area contributed by atoms with Crippen LogP contribution < -0.4 is 5.32 Å². The van der Waals surface area contributed by atoms with E-state index in [4.69, 9.17) is 0 Å². The quantitative estimate of drug-likeness (QED) is 0.885. The van der Waals surface area contributed by atoms with Gasteiger partial charge in [0.2, 0.25) is 0 Å². The summed E-state index contributed by atoms with van der Waals surface area (Å²) in [7, 11) is 0. The van der Waals surface area contributed by atoms with Crippen molar-refractivity contribution in [3.63, 3.8) is 0 Å². The fourth-order valence-electron chi connectivity index (χ4n) is 3.37. The summed E-state index contributed by atoms with van der Waals surface area (Å²) in [5.74, 6) is 0.00929. The van der Waals surface area contributed by atoms with Gasteiger partial charge in [0.15, 0.2) is 0 Å².